The molecule has 1 aliphatic carbocycles. The lowest BCUT2D eigenvalue weighted by molar-refractivity contribution is 0.104. The number of carbonyl (C=O) groups is 1. The maximum Gasteiger partial charge on any atom is 0.187 e. The fourth-order valence-corrected chi connectivity index (χ4v) is 2.48. The average Bonchev–Trinajstić information content (AvgIpc) is 2.62. The van der Waals surface area contributed by atoms with Gasteiger partial charge in [0.05, 0.1) is 0 Å². The molecule has 0 bridgehead atoms. The predicted octanol–water partition coefficient (Wildman–Crippen LogP) is 1.43. The van der Waals surface area contributed by atoms with Crippen molar-refractivity contribution in [2.24, 2.45) is 5.84 Å². The molecule has 2 N–H and O–H groups in total. The standard InChI is InChI=1S/C12H12N2O/c13-14-6-5-9-8-3-1-2-4-10(8)12(15)7-11(9)14/h1-4,7,9H,5-6,13H2. The van der Waals surface area contributed by atoms with Gasteiger partial charge in [-0.25, -0.2) is 5.84 Å². The summed E-state index contributed by atoms with van der Waals surface area (Å²) in [5.41, 5.74) is 2.94. The summed E-state index contributed by atoms with van der Waals surface area (Å²) >= 11 is 0. The zero-order valence-corrected chi connectivity index (χ0v) is 8.31. The van der Waals surface area contributed by atoms with Gasteiger partial charge in [0.25, 0.3) is 0 Å². The van der Waals surface area contributed by atoms with Gasteiger partial charge in [0.15, 0.2) is 5.78 Å². The topological polar surface area (TPSA) is 46.3 Å². The Bertz CT molecular complexity index is 464. The van der Waals surface area contributed by atoms with Gasteiger partial charge in [-0.3, -0.25) is 4.79 Å². The van der Waals surface area contributed by atoms with Crippen LogP contribution in [0.4, 0.5) is 0 Å². The minimum Gasteiger partial charge on any atom is -0.314 e. The van der Waals surface area contributed by atoms with Gasteiger partial charge in [0.2, 0.25) is 0 Å². The van der Waals surface area contributed by atoms with Gasteiger partial charge in [0, 0.05) is 29.8 Å². The Morgan fingerprint density at radius 1 is 1.33 bits per heavy atom. The summed E-state index contributed by atoms with van der Waals surface area (Å²) in [5.74, 6) is 6.22. The quantitative estimate of drug-likeness (QED) is 0.644. The summed E-state index contributed by atoms with van der Waals surface area (Å²) in [5, 5.41) is 1.69. The largest absolute Gasteiger partial charge is 0.314 e. The Labute approximate surface area is 88.2 Å². The van der Waals surface area contributed by atoms with Crippen LogP contribution in [0.1, 0.15) is 28.3 Å². The lowest BCUT2D eigenvalue weighted by Gasteiger charge is -2.22. The smallest absolute Gasteiger partial charge is 0.187 e. The molecule has 0 saturated carbocycles. The van der Waals surface area contributed by atoms with E-state index in [1.807, 2.05) is 24.3 Å². The number of fused-ring (bicyclic) bond motifs is 3. The lowest BCUT2D eigenvalue weighted by atomic mass is 9.85. The highest BCUT2D eigenvalue weighted by Gasteiger charge is 2.33. The number of hydrazine groups is 1. The minimum absolute atomic E-state index is 0.0780. The van der Waals surface area contributed by atoms with E-state index >= 15 is 0 Å². The van der Waals surface area contributed by atoms with Crippen molar-refractivity contribution in [2.45, 2.75) is 12.3 Å². The van der Waals surface area contributed by atoms with Crippen LogP contribution in [-0.2, 0) is 0 Å². The molecule has 1 aromatic rings. The number of rotatable bonds is 0. The second-order valence-corrected chi connectivity index (χ2v) is 4.06. The third kappa shape index (κ3) is 1.13. The van der Waals surface area contributed by atoms with E-state index in [0.717, 1.165) is 29.8 Å². The molecule has 1 heterocycles. The van der Waals surface area contributed by atoms with Crippen LogP contribution in [0.15, 0.2) is 36.0 Å². The van der Waals surface area contributed by atoms with Crippen molar-refractivity contribution >= 4 is 5.78 Å². The van der Waals surface area contributed by atoms with E-state index in [4.69, 9.17) is 5.84 Å². The number of nitrogens with two attached hydrogens (primary N) is 1. The molecule has 0 amide bonds. The molecule has 15 heavy (non-hydrogen) atoms. The van der Waals surface area contributed by atoms with Crippen molar-refractivity contribution in [3.8, 4) is 0 Å². The van der Waals surface area contributed by atoms with Gasteiger partial charge >= 0.3 is 0 Å². The van der Waals surface area contributed by atoms with Crippen LogP contribution in [0.25, 0.3) is 0 Å². The summed E-state index contributed by atoms with van der Waals surface area (Å²) in [6, 6.07) is 7.81. The van der Waals surface area contributed by atoms with Gasteiger partial charge in [-0.2, -0.15) is 0 Å². The second kappa shape index (κ2) is 2.94. The average molecular weight is 200 g/mol. The Kier molecular flexibility index (Phi) is 1.70. The number of allylic oxidation sites excluding steroid dienone is 2. The van der Waals surface area contributed by atoms with E-state index in [9.17, 15) is 4.79 Å². The molecule has 76 valence electrons. The molecule has 3 heteroatoms. The molecule has 1 fully saturated rings. The Hall–Kier alpha value is -1.61. The summed E-state index contributed by atoms with van der Waals surface area (Å²) in [6.07, 6.45) is 2.69. The molecular formula is C12H12N2O. The van der Waals surface area contributed by atoms with E-state index < -0.39 is 0 Å². The maximum atomic E-state index is 11.8. The van der Waals surface area contributed by atoms with Crippen molar-refractivity contribution in [2.75, 3.05) is 6.54 Å². The first kappa shape index (κ1) is 8.68. The van der Waals surface area contributed by atoms with Crippen LogP contribution in [0.3, 0.4) is 0 Å². The van der Waals surface area contributed by atoms with Crippen molar-refractivity contribution < 1.29 is 4.79 Å². The highest BCUT2D eigenvalue weighted by Crippen LogP contribution is 2.39. The number of ketones is 1. The zero-order valence-electron chi connectivity index (χ0n) is 8.31. The fourth-order valence-electron chi connectivity index (χ4n) is 2.48. The molecular weight excluding hydrogens is 188 g/mol. The minimum atomic E-state index is 0.0780. The Morgan fingerprint density at radius 2 is 2.13 bits per heavy atom. The molecule has 3 nitrogen and oxygen atoms in total. The molecule has 1 atom stereocenters. The number of hydrogen-bond donors (Lipinski definition) is 1. The van der Waals surface area contributed by atoms with Crippen LogP contribution < -0.4 is 5.84 Å². The van der Waals surface area contributed by atoms with Crippen LogP contribution >= 0.6 is 0 Å². The van der Waals surface area contributed by atoms with Crippen LogP contribution in [0.2, 0.25) is 0 Å². The number of hydrogen-bond acceptors (Lipinski definition) is 3. The number of nitrogens with zero attached hydrogens (tertiary/aromatic N) is 1. The van der Waals surface area contributed by atoms with Gasteiger partial charge in [-0.05, 0) is 12.0 Å². The van der Waals surface area contributed by atoms with Gasteiger partial charge in [0.1, 0.15) is 0 Å². The van der Waals surface area contributed by atoms with E-state index in [1.54, 1.807) is 11.1 Å². The Morgan fingerprint density at radius 3 is 3.00 bits per heavy atom. The number of benzene rings is 1. The second-order valence-electron chi connectivity index (χ2n) is 4.06. The molecule has 3 rings (SSSR count). The molecule has 0 radical (unpaired) electrons. The predicted molar refractivity (Wildman–Crippen MR) is 57.1 cm³/mol. The SMILES string of the molecule is NN1CCC2C1=CC(=O)c1ccccc12. The van der Waals surface area contributed by atoms with Crippen LogP contribution in [0, 0.1) is 0 Å². The fraction of sp³-hybridized carbons (Fsp3) is 0.250. The van der Waals surface area contributed by atoms with Crippen molar-refractivity contribution in [1.82, 2.24) is 5.01 Å². The lowest BCUT2D eigenvalue weighted by Crippen LogP contribution is -2.28. The summed E-state index contributed by atoms with van der Waals surface area (Å²) in [4.78, 5) is 11.8. The van der Waals surface area contributed by atoms with Gasteiger partial charge < -0.3 is 5.01 Å². The number of carbonyl (C=O) groups excluding carboxylic acids is 1. The molecule has 0 aromatic heterocycles. The summed E-state index contributed by atoms with van der Waals surface area (Å²) in [6.45, 7) is 0.831. The van der Waals surface area contributed by atoms with Crippen molar-refractivity contribution in [3.63, 3.8) is 0 Å². The normalized spacial score (nSPS) is 23.5. The monoisotopic (exact) mass is 200 g/mol. The first-order valence-electron chi connectivity index (χ1n) is 5.14. The van der Waals surface area contributed by atoms with E-state index in [-0.39, 0.29) is 5.78 Å². The van der Waals surface area contributed by atoms with Crippen molar-refractivity contribution in [1.29, 1.82) is 0 Å². The zero-order chi connectivity index (χ0) is 10.4. The van der Waals surface area contributed by atoms with E-state index in [0.29, 0.717) is 5.92 Å². The van der Waals surface area contributed by atoms with Crippen molar-refractivity contribution in [3.05, 3.63) is 47.2 Å². The van der Waals surface area contributed by atoms with Crippen LogP contribution in [0.5, 0.6) is 0 Å². The highest BCUT2D eigenvalue weighted by molar-refractivity contribution is 6.07. The maximum absolute atomic E-state index is 11.8. The molecule has 1 aliphatic heterocycles. The highest BCUT2D eigenvalue weighted by atomic mass is 16.1. The molecule has 2 aliphatic rings. The molecule has 1 aromatic carbocycles. The van der Waals surface area contributed by atoms with E-state index in [2.05, 4.69) is 0 Å². The molecule has 1 unspecified atom stereocenters. The van der Waals surface area contributed by atoms with Gasteiger partial charge in [-0.1, -0.05) is 24.3 Å². The van der Waals surface area contributed by atoms with E-state index in [1.165, 1.54) is 0 Å². The third-order valence-electron chi connectivity index (χ3n) is 3.23. The van der Waals surface area contributed by atoms with Crippen LogP contribution in [-0.4, -0.2) is 17.3 Å². The Balaban J connectivity index is 2.18. The first-order chi connectivity index (χ1) is 7.27. The first-order valence-corrected chi connectivity index (χ1v) is 5.14. The third-order valence-corrected chi connectivity index (χ3v) is 3.23. The summed E-state index contributed by atoms with van der Waals surface area (Å²) in [7, 11) is 0. The van der Waals surface area contributed by atoms with Gasteiger partial charge in [-0.15, -0.1) is 0 Å². The molecule has 0 spiro atoms. The molecule has 1 saturated heterocycles. The summed E-state index contributed by atoms with van der Waals surface area (Å²) < 4.78 is 0.